The summed E-state index contributed by atoms with van der Waals surface area (Å²) in [6.07, 6.45) is -4.38. The number of ether oxygens (including phenoxy) is 1. The Balaban J connectivity index is 1.91. The second-order valence-corrected chi connectivity index (χ2v) is 7.05. The Hall–Kier alpha value is -3.01. The maximum Gasteiger partial charge on any atom is 0.416 e. The summed E-state index contributed by atoms with van der Waals surface area (Å²) in [5.74, 6) is -0.0582. The van der Waals surface area contributed by atoms with E-state index in [1.165, 1.54) is 23.9 Å². The maximum atomic E-state index is 12.6. The van der Waals surface area contributed by atoms with Crippen molar-refractivity contribution in [2.75, 3.05) is 24.8 Å². The average Bonchev–Trinajstić information content (AvgIpc) is 2.71. The van der Waals surface area contributed by atoms with Gasteiger partial charge < -0.3 is 9.84 Å². The first kappa shape index (κ1) is 23.3. The van der Waals surface area contributed by atoms with E-state index in [4.69, 9.17) is 9.84 Å². The molecule has 2 aromatic rings. The van der Waals surface area contributed by atoms with E-state index in [0.29, 0.717) is 28.6 Å². The quantitative estimate of drug-likeness (QED) is 0.333. The van der Waals surface area contributed by atoms with Crippen LogP contribution in [0.3, 0.4) is 0 Å². The third kappa shape index (κ3) is 7.43. The van der Waals surface area contributed by atoms with Crippen molar-refractivity contribution in [3.8, 4) is 5.75 Å². The molecular formula is C20H20F3N3O3S. The largest absolute Gasteiger partial charge is 0.482 e. The van der Waals surface area contributed by atoms with Crippen LogP contribution in [0.25, 0.3) is 0 Å². The van der Waals surface area contributed by atoms with Crippen molar-refractivity contribution in [2.45, 2.75) is 18.0 Å². The molecule has 0 heterocycles. The highest BCUT2D eigenvalue weighted by Gasteiger charge is 2.29. The van der Waals surface area contributed by atoms with Crippen molar-refractivity contribution in [1.82, 2.24) is 0 Å². The molecule has 0 amide bonds. The normalized spacial score (nSPS) is 12.6. The van der Waals surface area contributed by atoms with Crippen LogP contribution in [0.15, 0.2) is 63.5 Å². The van der Waals surface area contributed by atoms with E-state index >= 15 is 0 Å². The standard InChI is InChI=1S/C20H20F3N3O3S/c1-13(25-26-15-5-3-14(4-6-15)20(21,22)23)18(24-2)12-30-17-9-7-16(8-10-17)29-11-19(27)28/h3-10,26H,11-12H2,1-2H3,(H,27,28)/b24-18-,25-13-. The molecular weight excluding hydrogens is 419 g/mol. The van der Waals surface area contributed by atoms with Gasteiger partial charge in [-0.15, -0.1) is 11.8 Å². The van der Waals surface area contributed by atoms with Crippen LogP contribution < -0.4 is 10.2 Å². The Labute approximate surface area is 175 Å². The fourth-order valence-corrected chi connectivity index (χ4v) is 3.18. The van der Waals surface area contributed by atoms with Crippen LogP contribution >= 0.6 is 11.8 Å². The molecule has 30 heavy (non-hydrogen) atoms. The first-order valence-corrected chi connectivity index (χ1v) is 9.68. The number of nitrogens with one attached hydrogen (secondary N) is 1. The predicted octanol–water partition coefficient (Wildman–Crippen LogP) is 4.82. The Morgan fingerprint density at radius 2 is 1.77 bits per heavy atom. The number of hydrogen-bond donors (Lipinski definition) is 2. The second-order valence-electron chi connectivity index (χ2n) is 6.00. The van der Waals surface area contributed by atoms with E-state index in [9.17, 15) is 18.0 Å². The molecule has 0 aliphatic heterocycles. The second kappa shape index (κ2) is 10.7. The molecule has 0 aromatic heterocycles. The number of nitrogens with zero attached hydrogens (tertiary/aromatic N) is 2. The highest BCUT2D eigenvalue weighted by Crippen LogP contribution is 2.29. The zero-order valence-electron chi connectivity index (χ0n) is 16.2. The van der Waals surface area contributed by atoms with E-state index in [-0.39, 0.29) is 0 Å². The first-order valence-electron chi connectivity index (χ1n) is 8.70. The monoisotopic (exact) mass is 439 g/mol. The number of carbonyl (C=O) groups is 1. The van der Waals surface area contributed by atoms with Crippen molar-refractivity contribution >= 4 is 34.8 Å². The summed E-state index contributed by atoms with van der Waals surface area (Å²) < 4.78 is 42.9. The highest BCUT2D eigenvalue weighted by molar-refractivity contribution is 8.00. The molecule has 0 bridgehead atoms. The summed E-state index contributed by atoms with van der Waals surface area (Å²) in [4.78, 5) is 15.7. The van der Waals surface area contributed by atoms with Gasteiger partial charge >= 0.3 is 12.1 Å². The number of benzene rings is 2. The third-order valence-corrected chi connectivity index (χ3v) is 4.84. The minimum absolute atomic E-state index is 0.402. The van der Waals surface area contributed by atoms with E-state index in [2.05, 4.69) is 15.5 Å². The number of halogens is 3. The zero-order chi connectivity index (χ0) is 22.1. The lowest BCUT2D eigenvalue weighted by molar-refractivity contribution is -0.139. The molecule has 0 saturated heterocycles. The van der Waals surface area contributed by atoms with Crippen LogP contribution in [-0.4, -0.2) is 41.9 Å². The fraction of sp³-hybridized carbons (Fsp3) is 0.250. The lowest BCUT2D eigenvalue weighted by atomic mass is 10.2. The molecule has 0 spiro atoms. The van der Waals surface area contributed by atoms with Crippen molar-refractivity contribution in [2.24, 2.45) is 10.1 Å². The van der Waals surface area contributed by atoms with E-state index in [1.54, 1.807) is 26.1 Å². The lowest BCUT2D eigenvalue weighted by Gasteiger charge is -2.09. The van der Waals surface area contributed by atoms with E-state index in [1.807, 2.05) is 12.1 Å². The zero-order valence-corrected chi connectivity index (χ0v) is 17.0. The highest BCUT2D eigenvalue weighted by atomic mass is 32.2. The Kier molecular flexibility index (Phi) is 8.28. The summed E-state index contributed by atoms with van der Waals surface area (Å²) in [6.45, 7) is 1.35. The number of hydrogen-bond acceptors (Lipinski definition) is 6. The minimum atomic E-state index is -4.38. The SMILES string of the molecule is C/N=C(CSc1ccc(OCC(=O)O)cc1)\C(C)=N/Nc1ccc(C(F)(F)F)cc1. The van der Waals surface area contributed by atoms with Gasteiger partial charge in [0.15, 0.2) is 6.61 Å². The summed E-state index contributed by atoms with van der Waals surface area (Å²) in [7, 11) is 1.63. The van der Waals surface area contributed by atoms with Gasteiger partial charge in [-0.25, -0.2) is 4.79 Å². The van der Waals surface area contributed by atoms with Crippen LogP contribution in [0.2, 0.25) is 0 Å². The van der Waals surface area contributed by atoms with Gasteiger partial charge in [-0.3, -0.25) is 10.4 Å². The van der Waals surface area contributed by atoms with Crippen molar-refractivity contribution in [1.29, 1.82) is 0 Å². The van der Waals surface area contributed by atoms with Gasteiger partial charge in [0.1, 0.15) is 5.75 Å². The molecule has 0 radical (unpaired) electrons. The summed E-state index contributed by atoms with van der Waals surface area (Å²) in [5.41, 5.74) is 3.76. The van der Waals surface area contributed by atoms with E-state index < -0.39 is 24.3 Å². The maximum absolute atomic E-state index is 12.6. The van der Waals surface area contributed by atoms with Gasteiger partial charge in [-0.05, 0) is 55.5 Å². The number of carboxylic acids is 1. The lowest BCUT2D eigenvalue weighted by Crippen LogP contribution is -2.15. The first-order chi connectivity index (χ1) is 14.2. The molecule has 2 N–H and O–H groups in total. The van der Waals surface area contributed by atoms with Crippen LogP contribution in [0.4, 0.5) is 18.9 Å². The molecule has 10 heteroatoms. The molecule has 0 fully saturated rings. The van der Waals surface area contributed by atoms with Gasteiger partial charge in [-0.2, -0.15) is 18.3 Å². The van der Waals surface area contributed by atoms with Gasteiger partial charge in [0.25, 0.3) is 0 Å². The summed E-state index contributed by atoms with van der Waals surface area (Å²) in [6, 6.07) is 11.6. The fourth-order valence-electron chi connectivity index (χ4n) is 2.21. The smallest absolute Gasteiger partial charge is 0.416 e. The number of anilines is 1. The number of alkyl halides is 3. The van der Waals surface area contributed by atoms with Crippen molar-refractivity contribution in [3.05, 3.63) is 54.1 Å². The Bertz CT molecular complexity index is 912. The van der Waals surface area contributed by atoms with Gasteiger partial charge in [0.2, 0.25) is 0 Å². The number of hydrazone groups is 1. The van der Waals surface area contributed by atoms with Gasteiger partial charge in [0, 0.05) is 17.7 Å². The predicted molar refractivity (Wildman–Crippen MR) is 112 cm³/mol. The summed E-state index contributed by atoms with van der Waals surface area (Å²) >= 11 is 1.50. The average molecular weight is 439 g/mol. The Morgan fingerprint density at radius 1 is 1.13 bits per heavy atom. The van der Waals surface area contributed by atoms with Crippen LogP contribution in [-0.2, 0) is 11.0 Å². The molecule has 0 atom stereocenters. The molecule has 0 unspecified atom stereocenters. The number of rotatable bonds is 9. The molecule has 160 valence electrons. The van der Waals surface area contributed by atoms with E-state index in [0.717, 1.165) is 17.0 Å². The third-order valence-electron chi connectivity index (χ3n) is 3.81. The number of thioether (sulfide) groups is 1. The molecule has 2 aromatic carbocycles. The number of carboxylic acid groups (broad SMARTS) is 1. The molecule has 2 rings (SSSR count). The van der Waals surface area contributed by atoms with Crippen LogP contribution in [0.5, 0.6) is 5.75 Å². The van der Waals surface area contributed by atoms with Crippen LogP contribution in [0, 0.1) is 0 Å². The number of aliphatic carboxylic acids is 1. The van der Waals surface area contributed by atoms with Crippen LogP contribution in [0.1, 0.15) is 12.5 Å². The van der Waals surface area contributed by atoms with Crippen molar-refractivity contribution < 1.29 is 27.8 Å². The van der Waals surface area contributed by atoms with Crippen molar-refractivity contribution in [3.63, 3.8) is 0 Å². The molecule has 0 saturated carbocycles. The van der Waals surface area contributed by atoms with Gasteiger partial charge in [-0.1, -0.05) is 0 Å². The Morgan fingerprint density at radius 3 is 2.30 bits per heavy atom. The summed E-state index contributed by atoms with van der Waals surface area (Å²) in [5, 5.41) is 12.8. The molecule has 6 nitrogen and oxygen atoms in total. The molecule has 0 aliphatic carbocycles. The molecule has 0 aliphatic rings. The minimum Gasteiger partial charge on any atom is -0.482 e. The van der Waals surface area contributed by atoms with Gasteiger partial charge in [0.05, 0.1) is 22.7 Å². The number of aliphatic imine (C=N–C) groups is 1. The topological polar surface area (TPSA) is 83.3 Å².